The standard InChI is InChI=1S/C16H15ClFN7O2/c1-9(14-21-8-22-25(14)15-19-4-3-5-20-15)23-16(26)24-12-6-10(17)13(27-2)7-11(12)18/h3-9H,1-2H3,(H2,23,24,26)/t9-/m0/s1. The van der Waals surface area contributed by atoms with E-state index in [0.717, 1.165) is 6.07 Å². The molecule has 0 bridgehead atoms. The fourth-order valence-corrected chi connectivity index (χ4v) is 2.54. The SMILES string of the molecule is COc1cc(F)c(NC(=O)N[C@@H](C)c2ncnn2-c2ncccn2)cc1Cl. The molecule has 9 nitrogen and oxygen atoms in total. The van der Waals surface area contributed by atoms with E-state index in [9.17, 15) is 9.18 Å². The number of methoxy groups -OCH3 is 1. The van der Waals surface area contributed by atoms with Crippen LogP contribution in [0.2, 0.25) is 5.02 Å². The Kier molecular flexibility index (Phi) is 5.46. The number of urea groups is 1. The summed E-state index contributed by atoms with van der Waals surface area (Å²) in [5, 5.41) is 9.28. The van der Waals surface area contributed by atoms with Gasteiger partial charge in [-0.05, 0) is 19.1 Å². The fraction of sp³-hybridized carbons (Fsp3) is 0.188. The monoisotopic (exact) mass is 391 g/mol. The van der Waals surface area contributed by atoms with Crippen LogP contribution in [-0.2, 0) is 0 Å². The molecular formula is C16H15ClFN7O2. The Labute approximate surface area is 158 Å². The number of ether oxygens (including phenoxy) is 1. The molecule has 0 saturated heterocycles. The molecule has 0 aliphatic carbocycles. The quantitative estimate of drug-likeness (QED) is 0.692. The van der Waals surface area contributed by atoms with Gasteiger partial charge in [-0.25, -0.2) is 24.1 Å². The lowest BCUT2D eigenvalue weighted by Crippen LogP contribution is -2.33. The number of carbonyl (C=O) groups excluding carboxylic acids is 1. The van der Waals surface area contributed by atoms with E-state index in [2.05, 4.69) is 30.7 Å². The van der Waals surface area contributed by atoms with E-state index >= 15 is 0 Å². The molecule has 11 heteroatoms. The van der Waals surface area contributed by atoms with E-state index in [1.165, 1.54) is 24.2 Å². The third-order valence-corrected chi connectivity index (χ3v) is 3.84. The third-order valence-electron chi connectivity index (χ3n) is 3.54. The van der Waals surface area contributed by atoms with Gasteiger partial charge in [0.1, 0.15) is 12.1 Å². The Morgan fingerprint density at radius 2 is 2.04 bits per heavy atom. The molecule has 2 heterocycles. The van der Waals surface area contributed by atoms with Crippen LogP contribution in [0.4, 0.5) is 14.9 Å². The minimum Gasteiger partial charge on any atom is -0.495 e. The number of anilines is 1. The Bertz CT molecular complexity index is 951. The van der Waals surface area contributed by atoms with Crippen LogP contribution in [0.1, 0.15) is 18.8 Å². The summed E-state index contributed by atoms with van der Waals surface area (Å²) in [5.74, 6) is 0.209. The van der Waals surface area contributed by atoms with Gasteiger partial charge >= 0.3 is 6.03 Å². The zero-order valence-corrected chi connectivity index (χ0v) is 15.1. The summed E-state index contributed by atoms with van der Waals surface area (Å²) in [6.07, 6.45) is 4.45. The first kappa shape index (κ1) is 18.5. The van der Waals surface area contributed by atoms with Gasteiger partial charge in [0.25, 0.3) is 5.95 Å². The molecule has 0 unspecified atom stereocenters. The van der Waals surface area contributed by atoms with E-state index in [4.69, 9.17) is 16.3 Å². The minimum atomic E-state index is -0.681. The van der Waals surface area contributed by atoms with Crippen molar-refractivity contribution >= 4 is 23.3 Å². The average Bonchev–Trinajstić information content (AvgIpc) is 3.15. The van der Waals surface area contributed by atoms with Gasteiger partial charge in [0.2, 0.25) is 0 Å². The molecule has 3 aromatic rings. The number of benzene rings is 1. The first-order chi connectivity index (χ1) is 13.0. The number of amides is 2. The molecule has 0 spiro atoms. The molecular weight excluding hydrogens is 377 g/mol. The highest BCUT2D eigenvalue weighted by atomic mass is 35.5. The topological polar surface area (TPSA) is 107 Å². The molecule has 1 aromatic carbocycles. The van der Waals surface area contributed by atoms with Crippen molar-refractivity contribution in [2.75, 3.05) is 12.4 Å². The van der Waals surface area contributed by atoms with Crippen LogP contribution >= 0.6 is 11.6 Å². The summed E-state index contributed by atoms with van der Waals surface area (Å²) in [7, 11) is 1.37. The molecule has 3 rings (SSSR count). The lowest BCUT2D eigenvalue weighted by Gasteiger charge is -2.15. The minimum absolute atomic E-state index is 0.0849. The summed E-state index contributed by atoms with van der Waals surface area (Å²) in [6, 6.07) is 2.81. The summed E-state index contributed by atoms with van der Waals surface area (Å²) in [5.41, 5.74) is -0.0849. The van der Waals surface area contributed by atoms with Gasteiger partial charge in [-0.3, -0.25) is 0 Å². The maximum atomic E-state index is 14.0. The Hall–Kier alpha value is -3.27. The smallest absolute Gasteiger partial charge is 0.319 e. The number of aromatic nitrogens is 5. The summed E-state index contributed by atoms with van der Waals surface area (Å²) in [4.78, 5) is 24.5. The largest absolute Gasteiger partial charge is 0.495 e. The highest BCUT2D eigenvalue weighted by Crippen LogP contribution is 2.30. The lowest BCUT2D eigenvalue weighted by molar-refractivity contribution is 0.248. The van der Waals surface area contributed by atoms with Gasteiger partial charge in [0.15, 0.2) is 11.6 Å². The first-order valence-corrected chi connectivity index (χ1v) is 8.15. The van der Waals surface area contributed by atoms with Gasteiger partial charge in [0.05, 0.1) is 23.9 Å². The molecule has 140 valence electrons. The predicted molar refractivity (Wildman–Crippen MR) is 95.5 cm³/mol. The first-order valence-electron chi connectivity index (χ1n) is 7.77. The van der Waals surface area contributed by atoms with Crippen LogP contribution in [0.25, 0.3) is 5.95 Å². The second kappa shape index (κ2) is 7.96. The maximum absolute atomic E-state index is 14.0. The second-order valence-electron chi connectivity index (χ2n) is 5.37. The van der Waals surface area contributed by atoms with Crippen molar-refractivity contribution in [3.05, 3.63) is 53.6 Å². The highest BCUT2D eigenvalue weighted by Gasteiger charge is 2.19. The van der Waals surface area contributed by atoms with Crippen LogP contribution in [0.3, 0.4) is 0 Å². The van der Waals surface area contributed by atoms with Crippen LogP contribution in [-0.4, -0.2) is 37.9 Å². The van der Waals surface area contributed by atoms with Crippen LogP contribution in [0.5, 0.6) is 5.75 Å². The molecule has 2 aromatic heterocycles. The van der Waals surface area contributed by atoms with Crippen molar-refractivity contribution in [2.45, 2.75) is 13.0 Å². The van der Waals surface area contributed by atoms with Crippen molar-refractivity contribution in [2.24, 2.45) is 0 Å². The van der Waals surface area contributed by atoms with Gasteiger partial charge in [0, 0.05) is 18.5 Å². The molecule has 1 atom stereocenters. The summed E-state index contributed by atoms with van der Waals surface area (Å²) < 4.78 is 20.4. The van der Waals surface area contributed by atoms with Crippen molar-refractivity contribution in [3.8, 4) is 11.7 Å². The van der Waals surface area contributed by atoms with Gasteiger partial charge in [-0.2, -0.15) is 9.78 Å². The van der Waals surface area contributed by atoms with Crippen LogP contribution in [0, 0.1) is 5.82 Å². The van der Waals surface area contributed by atoms with Gasteiger partial charge in [-0.1, -0.05) is 11.6 Å². The molecule has 2 N–H and O–H groups in total. The molecule has 2 amide bonds. The number of carbonyl (C=O) groups is 1. The van der Waals surface area contributed by atoms with Crippen molar-refractivity contribution in [3.63, 3.8) is 0 Å². The Morgan fingerprint density at radius 3 is 2.74 bits per heavy atom. The van der Waals surface area contributed by atoms with Crippen LogP contribution < -0.4 is 15.4 Å². The number of halogens is 2. The normalized spacial score (nSPS) is 11.7. The van der Waals surface area contributed by atoms with Crippen LogP contribution in [0.15, 0.2) is 36.9 Å². The van der Waals surface area contributed by atoms with Gasteiger partial charge < -0.3 is 15.4 Å². The second-order valence-corrected chi connectivity index (χ2v) is 5.77. The van der Waals surface area contributed by atoms with E-state index in [1.807, 2.05) is 0 Å². The van der Waals surface area contributed by atoms with E-state index < -0.39 is 17.9 Å². The van der Waals surface area contributed by atoms with E-state index in [-0.39, 0.29) is 16.5 Å². The number of rotatable bonds is 5. The Balaban J connectivity index is 1.72. The van der Waals surface area contributed by atoms with E-state index in [0.29, 0.717) is 11.8 Å². The summed E-state index contributed by atoms with van der Waals surface area (Å²) >= 11 is 5.96. The van der Waals surface area contributed by atoms with Gasteiger partial charge in [-0.15, -0.1) is 0 Å². The average molecular weight is 392 g/mol. The number of nitrogens with zero attached hydrogens (tertiary/aromatic N) is 5. The zero-order valence-electron chi connectivity index (χ0n) is 14.3. The molecule has 27 heavy (non-hydrogen) atoms. The lowest BCUT2D eigenvalue weighted by atomic mass is 10.3. The molecule has 0 aliphatic rings. The molecule has 0 saturated carbocycles. The molecule has 0 fully saturated rings. The van der Waals surface area contributed by atoms with Crippen molar-refractivity contribution < 1.29 is 13.9 Å². The van der Waals surface area contributed by atoms with Crippen molar-refractivity contribution in [1.29, 1.82) is 0 Å². The molecule has 0 aliphatic heterocycles. The maximum Gasteiger partial charge on any atom is 0.319 e. The van der Waals surface area contributed by atoms with Crippen molar-refractivity contribution in [1.82, 2.24) is 30.0 Å². The number of hydrogen-bond acceptors (Lipinski definition) is 6. The third kappa shape index (κ3) is 4.11. The summed E-state index contributed by atoms with van der Waals surface area (Å²) in [6.45, 7) is 1.69. The number of nitrogens with one attached hydrogen (secondary N) is 2. The zero-order chi connectivity index (χ0) is 19.4. The molecule has 0 radical (unpaired) electrons. The Morgan fingerprint density at radius 1 is 1.30 bits per heavy atom. The van der Waals surface area contributed by atoms with E-state index in [1.54, 1.807) is 25.4 Å². The highest BCUT2D eigenvalue weighted by molar-refractivity contribution is 6.32. The predicted octanol–water partition coefficient (Wildman–Crippen LogP) is 2.74. The fourth-order valence-electron chi connectivity index (χ4n) is 2.30. The number of hydrogen-bond donors (Lipinski definition) is 2.